The van der Waals surface area contributed by atoms with Crippen molar-refractivity contribution in [3.05, 3.63) is 33.8 Å². The molecule has 2 amide bonds. The Bertz CT molecular complexity index is 673. The lowest BCUT2D eigenvalue weighted by Gasteiger charge is -2.08. The summed E-state index contributed by atoms with van der Waals surface area (Å²) >= 11 is 6.99. The van der Waals surface area contributed by atoms with Gasteiger partial charge in [0.2, 0.25) is 5.13 Å². The number of carbonyl (C=O) groups is 2. The molecule has 20 heavy (non-hydrogen) atoms. The van der Waals surface area contributed by atoms with Gasteiger partial charge in [0.05, 0.1) is 11.3 Å². The van der Waals surface area contributed by atoms with Crippen LogP contribution in [0.3, 0.4) is 0 Å². The molecule has 1 heterocycles. The smallest absolute Gasteiger partial charge is 0.337 e. The maximum atomic E-state index is 11.8. The molecular weight excluding hydrogens is 304 g/mol. The number of carboxylic acids is 1. The third kappa shape index (κ3) is 3.43. The van der Waals surface area contributed by atoms with Crippen molar-refractivity contribution < 1.29 is 14.7 Å². The van der Waals surface area contributed by atoms with Gasteiger partial charge in [0, 0.05) is 5.02 Å². The number of urea groups is 1. The number of benzene rings is 1. The molecule has 7 nitrogen and oxygen atoms in total. The molecule has 0 fully saturated rings. The van der Waals surface area contributed by atoms with Crippen molar-refractivity contribution in [2.24, 2.45) is 0 Å². The van der Waals surface area contributed by atoms with E-state index in [0.717, 1.165) is 0 Å². The Labute approximate surface area is 122 Å². The predicted molar refractivity (Wildman–Crippen MR) is 75.7 cm³/mol. The monoisotopic (exact) mass is 312 g/mol. The molecule has 0 saturated heterocycles. The number of carbonyl (C=O) groups excluding carboxylic acids is 1. The van der Waals surface area contributed by atoms with Crippen LogP contribution in [0.5, 0.6) is 0 Å². The highest BCUT2D eigenvalue weighted by atomic mass is 35.5. The topological polar surface area (TPSA) is 104 Å². The molecule has 0 bridgehead atoms. The zero-order chi connectivity index (χ0) is 14.7. The Morgan fingerprint density at radius 3 is 2.65 bits per heavy atom. The fourth-order valence-corrected chi connectivity index (χ4v) is 2.16. The van der Waals surface area contributed by atoms with Crippen LogP contribution in [-0.4, -0.2) is 27.3 Å². The summed E-state index contributed by atoms with van der Waals surface area (Å²) < 4.78 is 0. The van der Waals surface area contributed by atoms with E-state index in [1.807, 2.05) is 0 Å². The van der Waals surface area contributed by atoms with Gasteiger partial charge in [0.25, 0.3) is 0 Å². The summed E-state index contributed by atoms with van der Waals surface area (Å²) in [7, 11) is 0. The van der Waals surface area contributed by atoms with E-state index < -0.39 is 12.0 Å². The third-order valence-electron chi connectivity index (χ3n) is 2.21. The van der Waals surface area contributed by atoms with E-state index in [1.54, 1.807) is 6.92 Å². The summed E-state index contributed by atoms with van der Waals surface area (Å²) in [5.74, 6) is -1.16. The van der Waals surface area contributed by atoms with Crippen molar-refractivity contribution in [3.63, 3.8) is 0 Å². The normalized spacial score (nSPS) is 10.1. The van der Waals surface area contributed by atoms with E-state index in [9.17, 15) is 9.59 Å². The molecule has 0 radical (unpaired) electrons. The van der Waals surface area contributed by atoms with E-state index in [0.29, 0.717) is 15.2 Å². The van der Waals surface area contributed by atoms with Crippen LogP contribution in [-0.2, 0) is 0 Å². The minimum absolute atomic E-state index is 0.0574. The van der Waals surface area contributed by atoms with Crippen molar-refractivity contribution in [2.45, 2.75) is 6.92 Å². The second kappa shape index (κ2) is 5.85. The Morgan fingerprint density at radius 2 is 2.05 bits per heavy atom. The quantitative estimate of drug-likeness (QED) is 0.808. The van der Waals surface area contributed by atoms with Crippen LogP contribution in [0.15, 0.2) is 18.2 Å². The number of halogens is 1. The molecule has 0 atom stereocenters. The fraction of sp³-hybridized carbons (Fsp3) is 0.0909. The molecular formula is C11H9ClN4O3S. The molecule has 0 unspecified atom stereocenters. The maximum Gasteiger partial charge on any atom is 0.337 e. The number of nitrogens with zero attached hydrogens (tertiary/aromatic N) is 2. The first-order chi connectivity index (χ1) is 9.45. The highest BCUT2D eigenvalue weighted by molar-refractivity contribution is 7.15. The first-order valence-electron chi connectivity index (χ1n) is 5.36. The van der Waals surface area contributed by atoms with Gasteiger partial charge in [-0.2, -0.15) is 0 Å². The number of aryl methyl sites for hydroxylation is 1. The zero-order valence-corrected chi connectivity index (χ0v) is 11.7. The third-order valence-corrected chi connectivity index (χ3v) is 3.20. The van der Waals surface area contributed by atoms with Gasteiger partial charge in [-0.3, -0.25) is 5.32 Å². The number of rotatable bonds is 3. The van der Waals surface area contributed by atoms with E-state index in [4.69, 9.17) is 16.7 Å². The fourth-order valence-electron chi connectivity index (χ4n) is 1.40. The Hall–Kier alpha value is -2.19. The second-order valence-electron chi connectivity index (χ2n) is 3.70. The van der Waals surface area contributed by atoms with Gasteiger partial charge in [0.1, 0.15) is 5.01 Å². The van der Waals surface area contributed by atoms with Crippen molar-refractivity contribution in [2.75, 3.05) is 10.6 Å². The lowest BCUT2D eigenvalue weighted by molar-refractivity contribution is 0.0698. The summed E-state index contributed by atoms with van der Waals surface area (Å²) in [5, 5.41) is 22.7. The van der Waals surface area contributed by atoms with E-state index in [1.165, 1.54) is 29.5 Å². The molecule has 1 aromatic heterocycles. The van der Waals surface area contributed by atoms with Gasteiger partial charge in [-0.1, -0.05) is 22.9 Å². The van der Waals surface area contributed by atoms with Gasteiger partial charge < -0.3 is 10.4 Å². The SMILES string of the molecule is Cc1nnc(NC(=O)Nc2cc(Cl)ccc2C(=O)O)s1. The zero-order valence-electron chi connectivity index (χ0n) is 10.2. The lowest BCUT2D eigenvalue weighted by Crippen LogP contribution is -2.21. The van der Waals surface area contributed by atoms with Gasteiger partial charge in [0.15, 0.2) is 0 Å². The van der Waals surface area contributed by atoms with Crippen LogP contribution in [0.4, 0.5) is 15.6 Å². The highest BCUT2D eigenvalue weighted by Crippen LogP contribution is 2.22. The number of aromatic nitrogens is 2. The largest absolute Gasteiger partial charge is 0.478 e. The predicted octanol–water partition coefficient (Wildman–Crippen LogP) is 2.84. The molecule has 0 saturated carbocycles. The van der Waals surface area contributed by atoms with Crippen molar-refractivity contribution in [1.29, 1.82) is 0 Å². The summed E-state index contributed by atoms with van der Waals surface area (Å²) in [5.41, 5.74) is 0.0433. The van der Waals surface area contributed by atoms with Crippen LogP contribution < -0.4 is 10.6 Å². The number of hydrogen-bond acceptors (Lipinski definition) is 5. The van der Waals surface area contributed by atoms with E-state index in [-0.39, 0.29) is 11.3 Å². The highest BCUT2D eigenvalue weighted by Gasteiger charge is 2.14. The first-order valence-corrected chi connectivity index (χ1v) is 6.56. The Kier molecular flexibility index (Phi) is 4.16. The summed E-state index contributed by atoms with van der Waals surface area (Å²) in [6, 6.07) is 3.49. The van der Waals surface area contributed by atoms with Gasteiger partial charge in [-0.25, -0.2) is 9.59 Å². The van der Waals surface area contributed by atoms with Crippen LogP contribution in [0.1, 0.15) is 15.4 Å². The molecule has 0 aliphatic heterocycles. The van der Waals surface area contributed by atoms with Gasteiger partial charge in [-0.15, -0.1) is 10.2 Å². The minimum Gasteiger partial charge on any atom is -0.478 e. The van der Waals surface area contributed by atoms with Gasteiger partial charge >= 0.3 is 12.0 Å². The molecule has 104 valence electrons. The first kappa shape index (κ1) is 14.2. The van der Waals surface area contributed by atoms with Crippen LogP contribution in [0, 0.1) is 6.92 Å². The summed E-state index contributed by atoms with van der Waals surface area (Å²) in [6.45, 7) is 1.75. The molecule has 2 aromatic rings. The van der Waals surface area contributed by atoms with Crippen molar-refractivity contribution in [1.82, 2.24) is 10.2 Å². The standard InChI is InChI=1S/C11H9ClN4O3S/c1-5-15-16-11(20-5)14-10(19)13-8-4-6(12)2-3-7(8)9(17)18/h2-4H,1H3,(H,17,18)(H2,13,14,16,19). The molecule has 0 spiro atoms. The number of anilines is 2. The average molecular weight is 313 g/mol. The summed E-state index contributed by atoms with van der Waals surface area (Å²) in [4.78, 5) is 22.8. The number of nitrogens with one attached hydrogen (secondary N) is 2. The van der Waals surface area contributed by atoms with Crippen LogP contribution >= 0.6 is 22.9 Å². The number of carboxylic acid groups (broad SMARTS) is 1. The minimum atomic E-state index is -1.16. The van der Waals surface area contributed by atoms with Crippen LogP contribution in [0.2, 0.25) is 5.02 Å². The number of aromatic carboxylic acids is 1. The number of amides is 2. The molecule has 1 aromatic carbocycles. The Balaban J connectivity index is 2.15. The van der Waals surface area contributed by atoms with Crippen molar-refractivity contribution in [3.8, 4) is 0 Å². The van der Waals surface area contributed by atoms with Crippen molar-refractivity contribution >= 4 is 45.8 Å². The summed E-state index contributed by atoms with van der Waals surface area (Å²) in [6.07, 6.45) is 0. The van der Waals surface area contributed by atoms with Crippen LogP contribution in [0.25, 0.3) is 0 Å². The van der Waals surface area contributed by atoms with E-state index in [2.05, 4.69) is 20.8 Å². The molecule has 9 heteroatoms. The maximum absolute atomic E-state index is 11.8. The lowest BCUT2D eigenvalue weighted by atomic mass is 10.2. The molecule has 3 N–H and O–H groups in total. The molecule has 0 aliphatic rings. The molecule has 0 aliphatic carbocycles. The Morgan fingerprint density at radius 1 is 1.30 bits per heavy atom. The molecule has 2 rings (SSSR count). The number of hydrogen-bond donors (Lipinski definition) is 3. The van der Waals surface area contributed by atoms with E-state index >= 15 is 0 Å². The second-order valence-corrected chi connectivity index (χ2v) is 5.32. The average Bonchev–Trinajstić information content (AvgIpc) is 2.74. The van der Waals surface area contributed by atoms with Gasteiger partial charge in [-0.05, 0) is 25.1 Å².